The van der Waals surface area contributed by atoms with Gasteiger partial charge in [0.25, 0.3) is 0 Å². The van der Waals surface area contributed by atoms with Gasteiger partial charge in [-0.1, -0.05) is 36.4 Å². The van der Waals surface area contributed by atoms with Gasteiger partial charge in [-0.25, -0.2) is 5.01 Å². The third-order valence-electron chi connectivity index (χ3n) is 4.66. The molecule has 3 heterocycles. The number of para-hydroxylation sites is 1. The van der Waals surface area contributed by atoms with Crippen molar-refractivity contribution in [3.05, 3.63) is 82.0 Å². The number of benzene rings is 2. The van der Waals surface area contributed by atoms with Crippen molar-refractivity contribution in [1.29, 1.82) is 0 Å². The van der Waals surface area contributed by atoms with Gasteiger partial charge in [-0.05, 0) is 29.6 Å². The maximum absolute atomic E-state index is 9.87. The molecule has 2 aliphatic heterocycles. The summed E-state index contributed by atoms with van der Waals surface area (Å²) in [5.41, 5.74) is 3.15. The van der Waals surface area contributed by atoms with Crippen LogP contribution in [0.4, 0.5) is 0 Å². The lowest BCUT2D eigenvalue weighted by atomic mass is 9.98. The molecule has 0 fully saturated rings. The molecule has 0 amide bonds. The van der Waals surface area contributed by atoms with Crippen LogP contribution in [0, 0.1) is 0 Å². The molecule has 124 valence electrons. The fourth-order valence-corrected chi connectivity index (χ4v) is 4.25. The van der Waals surface area contributed by atoms with E-state index < -0.39 is 0 Å². The lowest BCUT2D eigenvalue weighted by molar-refractivity contribution is -0.0191. The molecular formula is C20H16N2O2S. The standard InChI is InChI=1S/C20H16N2O2S/c23-14-6-3-5-13(11-14)20-22-17(15-7-1-2-8-18(15)24-20)12-16(21-22)19-9-4-10-25-19/h1-11,17,20,23H,12H2/t17-,20+/m1/s1. The molecule has 25 heavy (non-hydrogen) atoms. The second-order valence-corrected chi connectivity index (χ2v) is 7.17. The number of ether oxygens (including phenoxy) is 1. The van der Waals surface area contributed by atoms with Crippen molar-refractivity contribution >= 4 is 17.0 Å². The number of aromatic hydroxyl groups is 1. The molecule has 2 aliphatic rings. The summed E-state index contributed by atoms with van der Waals surface area (Å²) in [7, 11) is 0. The minimum absolute atomic E-state index is 0.148. The van der Waals surface area contributed by atoms with Crippen molar-refractivity contribution < 1.29 is 9.84 Å². The number of thiophene rings is 1. The number of phenolic OH excluding ortho intramolecular Hbond substituents is 1. The van der Waals surface area contributed by atoms with Gasteiger partial charge < -0.3 is 9.84 Å². The van der Waals surface area contributed by atoms with Crippen molar-refractivity contribution in [2.75, 3.05) is 0 Å². The fraction of sp³-hybridized carbons (Fsp3) is 0.150. The molecule has 0 aliphatic carbocycles. The molecular weight excluding hydrogens is 332 g/mol. The molecule has 1 aromatic heterocycles. The third kappa shape index (κ3) is 2.39. The van der Waals surface area contributed by atoms with Gasteiger partial charge in [0, 0.05) is 17.5 Å². The number of phenols is 1. The van der Waals surface area contributed by atoms with E-state index in [2.05, 4.69) is 23.6 Å². The van der Waals surface area contributed by atoms with Gasteiger partial charge in [0.2, 0.25) is 6.23 Å². The molecule has 0 radical (unpaired) electrons. The Balaban J connectivity index is 1.62. The fourth-order valence-electron chi connectivity index (χ4n) is 3.52. The van der Waals surface area contributed by atoms with Gasteiger partial charge in [0.05, 0.1) is 16.6 Å². The maximum atomic E-state index is 9.87. The molecule has 0 saturated heterocycles. The SMILES string of the molecule is Oc1cccc([C@@H]2Oc3ccccc3[C@H]3CC(c4cccs4)=NN32)c1. The second-order valence-electron chi connectivity index (χ2n) is 6.23. The Hall–Kier alpha value is -2.79. The van der Waals surface area contributed by atoms with Crippen molar-refractivity contribution in [1.82, 2.24) is 5.01 Å². The summed E-state index contributed by atoms with van der Waals surface area (Å²) < 4.78 is 6.26. The van der Waals surface area contributed by atoms with Crippen LogP contribution in [0.2, 0.25) is 0 Å². The van der Waals surface area contributed by atoms with Crippen LogP contribution in [-0.4, -0.2) is 15.8 Å². The summed E-state index contributed by atoms with van der Waals surface area (Å²) in [6, 6.07) is 19.7. The summed E-state index contributed by atoms with van der Waals surface area (Å²) in [5, 5.41) is 18.9. The Morgan fingerprint density at radius 1 is 1.08 bits per heavy atom. The van der Waals surface area contributed by atoms with E-state index in [1.54, 1.807) is 23.5 Å². The summed E-state index contributed by atoms with van der Waals surface area (Å²) in [5.74, 6) is 1.12. The van der Waals surface area contributed by atoms with Crippen LogP contribution in [0.25, 0.3) is 0 Å². The molecule has 1 N–H and O–H groups in total. The normalized spacial score (nSPS) is 21.3. The molecule has 4 nitrogen and oxygen atoms in total. The van der Waals surface area contributed by atoms with Crippen molar-refractivity contribution in [2.45, 2.75) is 18.7 Å². The number of hydrazone groups is 1. The predicted molar refractivity (Wildman–Crippen MR) is 98.0 cm³/mol. The highest BCUT2D eigenvalue weighted by molar-refractivity contribution is 7.12. The second kappa shape index (κ2) is 5.63. The molecule has 2 aromatic carbocycles. The number of hydrogen-bond donors (Lipinski definition) is 1. The van der Waals surface area contributed by atoms with E-state index in [0.29, 0.717) is 0 Å². The van der Waals surface area contributed by atoms with Crippen molar-refractivity contribution in [2.24, 2.45) is 5.10 Å². The van der Waals surface area contributed by atoms with Gasteiger partial charge in [0.1, 0.15) is 11.5 Å². The lowest BCUT2D eigenvalue weighted by Crippen LogP contribution is -2.33. The van der Waals surface area contributed by atoms with Crippen LogP contribution in [0.1, 0.15) is 34.7 Å². The first kappa shape index (κ1) is 14.5. The quantitative estimate of drug-likeness (QED) is 0.730. The molecule has 0 unspecified atom stereocenters. The summed E-state index contributed by atoms with van der Waals surface area (Å²) in [4.78, 5) is 1.20. The van der Waals surface area contributed by atoms with E-state index in [4.69, 9.17) is 9.84 Å². The van der Waals surface area contributed by atoms with E-state index in [1.165, 1.54) is 4.88 Å². The summed E-state index contributed by atoms with van der Waals surface area (Å²) >= 11 is 1.71. The molecule has 5 rings (SSSR count). The van der Waals surface area contributed by atoms with Gasteiger partial charge in [-0.2, -0.15) is 5.10 Å². The van der Waals surface area contributed by atoms with E-state index in [0.717, 1.165) is 29.0 Å². The highest BCUT2D eigenvalue weighted by atomic mass is 32.1. The van der Waals surface area contributed by atoms with E-state index in [1.807, 2.05) is 35.3 Å². The Morgan fingerprint density at radius 2 is 2.00 bits per heavy atom. The van der Waals surface area contributed by atoms with Crippen LogP contribution >= 0.6 is 11.3 Å². The maximum Gasteiger partial charge on any atom is 0.214 e. The molecule has 2 atom stereocenters. The van der Waals surface area contributed by atoms with Crippen LogP contribution in [0.5, 0.6) is 11.5 Å². The zero-order chi connectivity index (χ0) is 16.8. The first-order chi connectivity index (χ1) is 12.3. The monoisotopic (exact) mass is 348 g/mol. The van der Waals surface area contributed by atoms with Gasteiger partial charge in [0.15, 0.2) is 0 Å². The summed E-state index contributed by atoms with van der Waals surface area (Å²) in [6.45, 7) is 0. The highest BCUT2D eigenvalue weighted by Crippen LogP contribution is 2.47. The van der Waals surface area contributed by atoms with Gasteiger partial charge in [-0.3, -0.25) is 0 Å². The van der Waals surface area contributed by atoms with Crippen LogP contribution in [0.15, 0.2) is 71.1 Å². The van der Waals surface area contributed by atoms with Gasteiger partial charge >= 0.3 is 0 Å². The first-order valence-corrected chi connectivity index (χ1v) is 9.12. The van der Waals surface area contributed by atoms with Crippen molar-refractivity contribution in [3.63, 3.8) is 0 Å². The minimum atomic E-state index is -0.343. The Kier molecular flexibility index (Phi) is 3.28. The topological polar surface area (TPSA) is 45.1 Å². The van der Waals surface area contributed by atoms with E-state index in [-0.39, 0.29) is 18.0 Å². The zero-order valence-electron chi connectivity index (χ0n) is 13.4. The van der Waals surface area contributed by atoms with E-state index >= 15 is 0 Å². The average molecular weight is 348 g/mol. The Morgan fingerprint density at radius 3 is 2.84 bits per heavy atom. The number of nitrogens with zero attached hydrogens (tertiary/aromatic N) is 2. The number of fused-ring (bicyclic) bond motifs is 3. The molecule has 3 aromatic rings. The highest BCUT2D eigenvalue weighted by Gasteiger charge is 2.41. The van der Waals surface area contributed by atoms with Crippen LogP contribution in [0.3, 0.4) is 0 Å². The third-order valence-corrected chi connectivity index (χ3v) is 5.58. The van der Waals surface area contributed by atoms with Crippen LogP contribution < -0.4 is 4.74 Å². The predicted octanol–water partition coefficient (Wildman–Crippen LogP) is 4.70. The average Bonchev–Trinajstić information content (AvgIpc) is 3.30. The summed E-state index contributed by atoms with van der Waals surface area (Å²) in [6.07, 6.45) is 0.514. The molecule has 0 spiro atoms. The Bertz CT molecular complexity index is 952. The van der Waals surface area contributed by atoms with Crippen molar-refractivity contribution in [3.8, 4) is 11.5 Å². The largest absolute Gasteiger partial charge is 0.508 e. The molecule has 5 heteroatoms. The zero-order valence-corrected chi connectivity index (χ0v) is 14.2. The smallest absolute Gasteiger partial charge is 0.214 e. The minimum Gasteiger partial charge on any atom is -0.508 e. The Labute approximate surface area is 149 Å². The number of rotatable bonds is 2. The number of hydrogen-bond acceptors (Lipinski definition) is 5. The van der Waals surface area contributed by atoms with Crippen LogP contribution in [-0.2, 0) is 0 Å². The molecule has 0 saturated carbocycles. The lowest BCUT2D eigenvalue weighted by Gasteiger charge is -2.38. The first-order valence-electron chi connectivity index (χ1n) is 8.24. The van der Waals surface area contributed by atoms with Gasteiger partial charge in [-0.15, -0.1) is 11.3 Å². The molecule has 0 bridgehead atoms. The van der Waals surface area contributed by atoms with E-state index in [9.17, 15) is 5.11 Å².